The molecule has 18 heavy (non-hydrogen) atoms. The first kappa shape index (κ1) is 13.8. The summed E-state index contributed by atoms with van der Waals surface area (Å²) >= 11 is 2.04. The Balaban J connectivity index is 2.39. The zero-order valence-corrected chi connectivity index (χ0v) is 13.2. The molecule has 0 amide bonds. The van der Waals surface area contributed by atoms with Gasteiger partial charge < -0.3 is 14.6 Å². The molecule has 0 atom stereocenters. The number of morpholine rings is 1. The van der Waals surface area contributed by atoms with Gasteiger partial charge in [0, 0.05) is 13.1 Å². The smallest absolute Gasteiger partial charge is 0.266 e. The van der Waals surface area contributed by atoms with Crippen LogP contribution in [-0.4, -0.2) is 34.3 Å². The standard InChI is InChI=1S/C12H18IN3O2/c1-11(2)5-16(6-12(3,4)18-11)9-8(13)10(17)15-7-14-9/h7H,5-6H2,1-4H3,(H,14,15,17). The van der Waals surface area contributed by atoms with E-state index in [1.165, 1.54) is 6.33 Å². The van der Waals surface area contributed by atoms with Gasteiger partial charge in [-0.2, -0.15) is 0 Å². The Hall–Kier alpha value is -0.630. The van der Waals surface area contributed by atoms with Gasteiger partial charge in [-0.05, 0) is 50.3 Å². The van der Waals surface area contributed by atoms with Crippen LogP contribution < -0.4 is 10.5 Å². The molecule has 0 radical (unpaired) electrons. The number of hydrogen-bond donors (Lipinski definition) is 1. The van der Waals surface area contributed by atoms with E-state index >= 15 is 0 Å². The van der Waals surface area contributed by atoms with Gasteiger partial charge in [0.05, 0.1) is 17.5 Å². The van der Waals surface area contributed by atoms with Crippen molar-refractivity contribution in [2.45, 2.75) is 38.9 Å². The van der Waals surface area contributed by atoms with E-state index in [1.54, 1.807) is 0 Å². The van der Waals surface area contributed by atoms with Crippen LogP contribution in [0.2, 0.25) is 0 Å². The summed E-state index contributed by atoms with van der Waals surface area (Å²) in [7, 11) is 0. The number of aromatic nitrogens is 2. The maximum absolute atomic E-state index is 11.6. The molecule has 1 aromatic rings. The molecule has 0 bridgehead atoms. The van der Waals surface area contributed by atoms with Crippen LogP contribution in [0.15, 0.2) is 11.1 Å². The van der Waals surface area contributed by atoms with Crippen molar-refractivity contribution in [3.8, 4) is 0 Å². The van der Waals surface area contributed by atoms with Crippen LogP contribution in [0, 0.1) is 3.57 Å². The van der Waals surface area contributed by atoms with Crippen LogP contribution in [0.1, 0.15) is 27.7 Å². The SMILES string of the molecule is CC1(C)CN(c2nc[nH]c(=O)c2I)CC(C)(C)O1. The predicted octanol–water partition coefficient (Wildman–Crippen LogP) is 1.77. The summed E-state index contributed by atoms with van der Waals surface area (Å²) in [6, 6.07) is 0. The zero-order chi connectivity index (χ0) is 13.6. The number of halogens is 1. The number of nitrogens with one attached hydrogen (secondary N) is 1. The maximum Gasteiger partial charge on any atom is 0.266 e. The van der Waals surface area contributed by atoms with Gasteiger partial charge in [0.25, 0.3) is 5.56 Å². The Bertz CT molecular complexity index is 494. The van der Waals surface area contributed by atoms with Crippen LogP contribution in [0.3, 0.4) is 0 Å². The molecule has 1 saturated heterocycles. The Labute approximate surface area is 120 Å². The van der Waals surface area contributed by atoms with E-state index < -0.39 is 0 Å². The molecule has 6 heteroatoms. The van der Waals surface area contributed by atoms with Crippen molar-refractivity contribution in [3.05, 3.63) is 20.3 Å². The highest BCUT2D eigenvalue weighted by Gasteiger charge is 2.39. The van der Waals surface area contributed by atoms with Crippen LogP contribution in [0.4, 0.5) is 5.82 Å². The second kappa shape index (κ2) is 4.48. The van der Waals surface area contributed by atoms with Crippen LogP contribution in [0.5, 0.6) is 0 Å². The van der Waals surface area contributed by atoms with E-state index in [0.717, 1.165) is 18.9 Å². The first-order valence-corrected chi connectivity index (χ1v) is 6.96. The summed E-state index contributed by atoms with van der Waals surface area (Å²) in [5.74, 6) is 0.740. The van der Waals surface area contributed by atoms with Crippen molar-refractivity contribution < 1.29 is 4.74 Å². The molecule has 1 aromatic heterocycles. The van der Waals surface area contributed by atoms with E-state index in [2.05, 4.69) is 42.6 Å². The molecule has 2 heterocycles. The normalized spacial score (nSPS) is 21.9. The fraction of sp³-hybridized carbons (Fsp3) is 0.667. The largest absolute Gasteiger partial charge is 0.366 e. The molecule has 0 aromatic carbocycles. The van der Waals surface area contributed by atoms with Crippen LogP contribution in [0.25, 0.3) is 0 Å². The lowest BCUT2D eigenvalue weighted by molar-refractivity contribution is -0.133. The number of aromatic amines is 1. The third-order valence-electron chi connectivity index (χ3n) is 2.77. The molecule has 1 N–H and O–H groups in total. The number of hydrogen-bond acceptors (Lipinski definition) is 4. The van der Waals surface area contributed by atoms with Gasteiger partial charge in [0.2, 0.25) is 0 Å². The van der Waals surface area contributed by atoms with Gasteiger partial charge in [-0.3, -0.25) is 4.79 Å². The molecule has 0 saturated carbocycles. The second-order valence-corrected chi connectivity index (χ2v) is 6.93. The number of rotatable bonds is 1. The summed E-state index contributed by atoms with van der Waals surface area (Å²) < 4.78 is 6.65. The monoisotopic (exact) mass is 363 g/mol. The number of H-pyrrole nitrogens is 1. The Kier molecular flexibility index (Phi) is 3.44. The zero-order valence-electron chi connectivity index (χ0n) is 11.1. The van der Waals surface area contributed by atoms with E-state index in [0.29, 0.717) is 3.57 Å². The predicted molar refractivity (Wildman–Crippen MR) is 79.0 cm³/mol. The molecule has 0 spiro atoms. The minimum atomic E-state index is -0.255. The lowest BCUT2D eigenvalue weighted by Crippen LogP contribution is -2.57. The van der Waals surface area contributed by atoms with Crippen molar-refractivity contribution in [2.24, 2.45) is 0 Å². The van der Waals surface area contributed by atoms with Gasteiger partial charge in [-0.1, -0.05) is 0 Å². The molecular weight excluding hydrogens is 345 g/mol. The highest BCUT2D eigenvalue weighted by Crippen LogP contribution is 2.31. The van der Waals surface area contributed by atoms with E-state index in [-0.39, 0.29) is 16.8 Å². The summed E-state index contributed by atoms with van der Waals surface area (Å²) in [5.41, 5.74) is -0.604. The van der Waals surface area contributed by atoms with Crippen LogP contribution >= 0.6 is 22.6 Å². The molecule has 1 fully saturated rings. The second-order valence-electron chi connectivity index (χ2n) is 5.85. The number of nitrogens with zero attached hydrogens (tertiary/aromatic N) is 2. The van der Waals surface area contributed by atoms with Crippen LogP contribution in [-0.2, 0) is 4.74 Å². The van der Waals surface area contributed by atoms with E-state index in [9.17, 15) is 4.79 Å². The highest BCUT2D eigenvalue weighted by molar-refractivity contribution is 14.1. The Morgan fingerprint density at radius 3 is 2.44 bits per heavy atom. The first-order valence-electron chi connectivity index (χ1n) is 5.89. The summed E-state index contributed by atoms with van der Waals surface area (Å²) in [5, 5.41) is 0. The molecule has 2 rings (SSSR count). The minimum absolute atomic E-state index is 0.0947. The van der Waals surface area contributed by atoms with Crippen molar-refractivity contribution in [1.82, 2.24) is 9.97 Å². The lowest BCUT2D eigenvalue weighted by atomic mass is 9.99. The number of anilines is 1. The van der Waals surface area contributed by atoms with Gasteiger partial charge >= 0.3 is 0 Å². The topological polar surface area (TPSA) is 58.2 Å². The highest BCUT2D eigenvalue weighted by atomic mass is 127. The third kappa shape index (κ3) is 2.85. The van der Waals surface area contributed by atoms with Crippen molar-refractivity contribution in [1.29, 1.82) is 0 Å². The van der Waals surface area contributed by atoms with E-state index in [4.69, 9.17) is 4.74 Å². The summed E-state index contributed by atoms with van der Waals surface area (Å²) in [4.78, 5) is 20.7. The Morgan fingerprint density at radius 1 is 1.33 bits per heavy atom. The average Bonchev–Trinajstić information content (AvgIpc) is 2.17. The van der Waals surface area contributed by atoms with Crippen molar-refractivity contribution >= 4 is 28.4 Å². The maximum atomic E-state index is 11.6. The third-order valence-corrected chi connectivity index (χ3v) is 3.75. The molecule has 1 aliphatic rings. The minimum Gasteiger partial charge on any atom is -0.366 e. The van der Waals surface area contributed by atoms with Gasteiger partial charge in [0.15, 0.2) is 0 Å². The van der Waals surface area contributed by atoms with Gasteiger partial charge in [-0.15, -0.1) is 0 Å². The molecule has 0 aliphatic carbocycles. The molecule has 5 nitrogen and oxygen atoms in total. The quantitative estimate of drug-likeness (QED) is 0.773. The Morgan fingerprint density at radius 2 is 1.89 bits per heavy atom. The van der Waals surface area contributed by atoms with Crippen molar-refractivity contribution in [3.63, 3.8) is 0 Å². The van der Waals surface area contributed by atoms with Gasteiger partial charge in [-0.25, -0.2) is 4.98 Å². The fourth-order valence-electron chi connectivity index (χ4n) is 2.53. The van der Waals surface area contributed by atoms with Gasteiger partial charge in [0.1, 0.15) is 9.39 Å². The summed E-state index contributed by atoms with van der Waals surface area (Å²) in [6.07, 6.45) is 1.45. The molecular formula is C12H18IN3O2. The molecule has 100 valence electrons. The number of ether oxygens (including phenoxy) is 1. The molecule has 0 unspecified atom stereocenters. The fourth-order valence-corrected chi connectivity index (χ4v) is 3.17. The van der Waals surface area contributed by atoms with E-state index in [1.807, 2.05) is 22.6 Å². The first-order chi connectivity index (χ1) is 8.20. The van der Waals surface area contributed by atoms with Crippen molar-refractivity contribution in [2.75, 3.05) is 18.0 Å². The summed E-state index contributed by atoms with van der Waals surface area (Å²) in [6.45, 7) is 9.68. The lowest BCUT2D eigenvalue weighted by Gasteiger charge is -2.47. The average molecular weight is 363 g/mol. The molecule has 1 aliphatic heterocycles.